The molecule has 0 aliphatic rings. The van der Waals surface area contributed by atoms with Crippen LogP contribution in [0.4, 0.5) is 11.4 Å². The van der Waals surface area contributed by atoms with Gasteiger partial charge in [-0.25, -0.2) is 4.98 Å². The van der Waals surface area contributed by atoms with E-state index in [1.54, 1.807) is 24.3 Å². The number of nitrogens with zero attached hydrogens (tertiary/aromatic N) is 2. The second kappa shape index (κ2) is 6.60. The molecule has 0 radical (unpaired) electrons. The van der Waals surface area contributed by atoms with E-state index in [9.17, 15) is 9.59 Å². The average Bonchev–Trinajstić information content (AvgIpc) is 2.48. The van der Waals surface area contributed by atoms with E-state index in [-0.39, 0.29) is 23.4 Å². The maximum atomic E-state index is 12.0. The summed E-state index contributed by atoms with van der Waals surface area (Å²) in [4.78, 5) is 31.4. The predicted octanol–water partition coefficient (Wildman–Crippen LogP) is 2.32. The monoisotopic (exact) mass is 284 g/mol. The van der Waals surface area contributed by atoms with Crippen molar-refractivity contribution in [1.82, 2.24) is 9.97 Å². The summed E-state index contributed by atoms with van der Waals surface area (Å²) >= 11 is 0. The summed E-state index contributed by atoms with van der Waals surface area (Å²) in [6.07, 6.45) is 4.34. The zero-order chi connectivity index (χ0) is 15.2. The molecule has 0 aliphatic carbocycles. The Morgan fingerprint density at radius 1 is 1.10 bits per heavy atom. The third-order valence-corrected chi connectivity index (χ3v) is 2.71. The second-order valence-electron chi connectivity index (χ2n) is 4.77. The first-order valence-electron chi connectivity index (χ1n) is 6.54. The number of anilines is 2. The molecule has 2 N–H and O–H groups in total. The maximum absolute atomic E-state index is 12.0. The van der Waals surface area contributed by atoms with Crippen molar-refractivity contribution in [3.63, 3.8) is 0 Å². The zero-order valence-electron chi connectivity index (χ0n) is 11.8. The Balaban J connectivity index is 2.08. The standard InChI is InChI=1S/C15H16N4O2/c1-10(2)14(20)18-11-4-3-5-12(8-11)19-15(21)13-9-16-6-7-17-13/h3-10H,1-2H3,(H,18,20)(H,19,21). The topological polar surface area (TPSA) is 84.0 Å². The molecule has 108 valence electrons. The molecule has 2 amide bonds. The van der Waals surface area contributed by atoms with Crippen LogP contribution in [0.25, 0.3) is 0 Å². The first-order valence-corrected chi connectivity index (χ1v) is 6.54. The van der Waals surface area contributed by atoms with Crippen molar-refractivity contribution in [2.24, 2.45) is 5.92 Å². The van der Waals surface area contributed by atoms with Crippen LogP contribution in [0.5, 0.6) is 0 Å². The molecule has 6 nitrogen and oxygen atoms in total. The Hall–Kier alpha value is -2.76. The quantitative estimate of drug-likeness (QED) is 0.902. The van der Waals surface area contributed by atoms with Crippen LogP contribution in [0.15, 0.2) is 42.9 Å². The number of aromatic nitrogens is 2. The molecule has 2 aromatic rings. The van der Waals surface area contributed by atoms with Crippen LogP contribution in [-0.2, 0) is 4.79 Å². The van der Waals surface area contributed by atoms with Crippen LogP contribution in [0.1, 0.15) is 24.3 Å². The molecule has 0 bridgehead atoms. The van der Waals surface area contributed by atoms with Crippen LogP contribution in [0, 0.1) is 5.92 Å². The van der Waals surface area contributed by atoms with Crippen molar-refractivity contribution in [2.45, 2.75) is 13.8 Å². The van der Waals surface area contributed by atoms with Crippen molar-refractivity contribution >= 4 is 23.2 Å². The van der Waals surface area contributed by atoms with Gasteiger partial charge in [0.1, 0.15) is 5.69 Å². The lowest BCUT2D eigenvalue weighted by Gasteiger charge is -2.10. The minimum absolute atomic E-state index is 0.0765. The van der Waals surface area contributed by atoms with E-state index in [0.717, 1.165) is 0 Å². The van der Waals surface area contributed by atoms with E-state index >= 15 is 0 Å². The lowest BCUT2D eigenvalue weighted by Crippen LogP contribution is -2.18. The molecule has 0 saturated heterocycles. The third kappa shape index (κ3) is 4.10. The van der Waals surface area contributed by atoms with Crippen molar-refractivity contribution in [1.29, 1.82) is 0 Å². The van der Waals surface area contributed by atoms with Crippen molar-refractivity contribution in [3.8, 4) is 0 Å². The summed E-state index contributed by atoms with van der Waals surface area (Å²) in [6, 6.07) is 6.94. The summed E-state index contributed by atoms with van der Waals surface area (Å²) in [5, 5.41) is 5.48. The van der Waals surface area contributed by atoms with Gasteiger partial charge >= 0.3 is 0 Å². The van der Waals surface area contributed by atoms with Crippen LogP contribution in [0.3, 0.4) is 0 Å². The largest absolute Gasteiger partial charge is 0.326 e. The van der Waals surface area contributed by atoms with Crippen molar-refractivity contribution in [2.75, 3.05) is 10.6 Å². The maximum Gasteiger partial charge on any atom is 0.275 e. The average molecular weight is 284 g/mol. The molecule has 1 aromatic heterocycles. The predicted molar refractivity (Wildman–Crippen MR) is 79.9 cm³/mol. The van der Waals surface area contributed by atoms with E-state index in [4.69, 9.17) is 0 Å². The SMILES string of the molecule is CC(C)C(=O)Nc1cccc(NC(=O)c2cnccn2)c1. The van der Waals surface area contributed by atoms with E-state index < -0.39 is 0 Å². The first-order chi connectivity index (χ1) is 10.1. The van der Waals surface area contributed by atoms with Crippen LogP contribution in [0.2, 0.25) is 0 Å². The summed E-state index contributed by atoms with van der Waals surface area (Å²) in [5.74, 6) is -0.536. The fourth-order valence-electron chi connectivity index (χ4n) is 1.57. The van der Waals surface area contributed by atoms with Crippen molar-refractivity contribution < 1.29 is 9.59 Å². The Labute approximate surface area is 122 Å². The second-order valence-corrected chi connectivity index (χ2v) is 4.77. The van der Waals surface area contributed by atoms with Gasteiger partial charge in [-0.05, 0) is 18.2 Å². The normalized spacial score (nSPS) is 10.2. The Bertz CT molecular complexity index is 641. The van der Waals surface area contributed by atoms with Gasteiger partial charge in [0, 0.05) is 29.7 Å². The van der Waals surface area contributed by atoms with E-state index in [1.165, 1.54) is 18.6 Å². The van der Waals surface area contributed by atoms with E-state index in [0.29, 0.717) is 11.4 Å². The molecule has 6 heteroatoms. The summed E-state index contributed by atoms with van der Waals surface area (Å²) in [7, 11) is 0. The third-order valence-electron chi connectivity index (χ3n) is 2.71. The smallest absolute Gasteiger partial charge is 0.275 e. The van der Waals surface area contributed by atoms with Crippen LogP contribution in [-0.4, -0.2) is 21.8 Å². The van der Waals surface area contributed by atoms with Gasteiger partial charge in [0.25, 0.3) is 5.91 Å². The molecule has 0 atom stereocenters. The number of nitrogens with one attached hydrogen (secondary N) is 2. The van der Waals surface area contributed by atoms with Gasteiger partial charge in [0.15, 0.2) is 0 Å². The number of carbonyl (C=O) groups excluding carboxylic acids is 2. The molecule has 1 heterocycles. The Morgan fingerprint density at radius 2 is 1.81 bits per heavy atom. The zero-order valence-corrected chi connectivity index (χ0v) is 11.8. The van der Waals surface area contributed by atoms with Gasteiger partial charge in [-0.2, -0.15) is 0 Å². The van der Waals surface area contributed by atoms with Gasteiger partial charge in [-0.1, -0.05) is 19.9 Å². The number of carbonyl (C=O) groups is 2. The van der Waals surface area contributed by atoms with Gasteiger partial charge in [0.05, 0.1) is 6.20 Å². The first kappa shape index (κ1) is 14.6. The van der Waals surface area contributed by atoms with Gasteiger partial charge in [-0.15, -0.1) is 0 Å². The lowest BCUT2D eigenvalue weighted by atomic mass is 10.2. The number of hydrogen-bond acceptors (Lipinski definition) is 4. The number of hydrogen-bond donors (Lipinski definition) is 2. The highest BCUT2D eigenvalue weighted by molar-refractivity contribution is 6.03. The Kier molecular flexibility index (Phi) is 4.61. The molecular formula is C15H16N4O2. The minimum atomic E-state index is -0.351. The van der Waals surface area contributed by atoms with Gasteiger partial charge in [-0.3, -0.25) is 14.6 Å². The summed E-state index contributed by atoms with van der Waals surface area (Å²) in [6.45, 7) is 3.63. The summed E-state index contributed by atoms with van der Waals surface area (Å²) in [5.41, 5.74) is 1.44. The van der Waals surface area contributed by atoms with E-state index in [1.807, 2.05) is 13.8 Å². The highest BCUT2D eigenvalue weighted by Gasteiger charge is 2.09. The molecule has 0 spiro atoms. The van der Waals surface area contributed by atoms with Gasteiger partial charge in [0.2, 0.25) is 5.91 Å². The highest BCUT2D eigenvalue weighted by Crippen LogP contribution is 2.16. The molecule has 0 saturated carbocycles. The number of amides is 2. The molecular weight excluding hydrogens is 268 g/mol. The lowest BCUT2D eigenvalue weighted by molar-refractivity contribution is -0.118. The minimum Gasteiger partial charge on any atom is -0.326 e. The van der Waals surface area contributed by atoms with Crippen LogP contribution >= 0.6 is 0 Å². The summed E-state index contributed by atoms with van der Waals surface area (Å²) < 4.78 is 0. The Morgan fingerprint density at radius 3 is 2.43 bits per heavy atom. The van der Waals surface area contributed by atoms with E-state index in [2.05, 4.69) is 20.6 Å². The molecule has 0 fully saturated rings. The number of rotatable bonds is 4. The van der Waals surface area contributed by atoms with Crippen LogP contribution < -0.4 is 10.6 Å². The molecule has 0 aliphatic heterocycles. The van der Waals surface area contributed by atoms with Crippen molar-refractivity contribution in [3.05, 3.63) is 48.5 Å². The molecule has 2 rings (SSSR count). The molecule has 1 aromatic carbocycles. The fraction of sp³-hybridized carbons (Fsp3) is 0.200. The highest BCUT2D eigenvalue weighted by atomic mass is 16.2. The molecule has 0 unspecified atom stereocenters. The fourth-order valence-corrected chi connectivity index (χ4v) is 1.57. The van der Waals surface area contributed by atoms with Gasteiger partial charge < -0.3 is 10.6 Å². The number of benzene rings is 1. The molecule has 21 heavy (non-hydrogen) atoms.